The molecule has 0 aliphatic heterocycles. The van der Waals surface area contributed by atoms with Crippen LogP contribution in [0.5, 0.6) is 0 Å². The molecule has 0 nitrogen and oxygen atoms in total. The molecule has 0 atom stereocenters. The normalized spacial score (nSPS) is 9.75. The van der Waals surface area contributed by atoms with Crippen LogP contribution in [-0.2, 0) is 0 Å². The molecule has 0 rings (SSSR count). The monoisotopic (exact) mass is 204 g/mol. The Morgan fingerprint density at radius 2 is 1.88 bits per heavy atom. The van der Waals surface area contributed by atoms with E-state index in [0.717, 1.165) is 0 Å². The Labute approximate surface area is 69.7 Å². The molecule has 0 saturated heterocycles. The lowest BCUT2D eigenvalue weighted by Gasteiger charge is -1.91. The zero-order chi connectivity index (χ0) is 6.24. The summed E-state index contributed by atoms with van der Waals surface area (Å²) in [6, 6.07) is 0. The number of hydrogen-bond donors (Lipinski definition) is 0. The Kier molecular flexibility index (Phi) is 10.7. The summed E-state index contributed by atoms with van der Waals surface area (Å²) in [4.78, 5) is 0. The molecular formula is C3H8S5. The van der Waals surface area contributed by atoms with Gasteiger partial charge in [0.05, 0.1) is 0 Å². The molecule has 0 aromatic heterocycles. The molecule has 0 radical (unpaired) electrons. The van der Waals surface area contributed by atoms with Gasteiger partial charge in [0, 0.05) is 5.75 Å². The Morgan fingerprint density at radius 3 is 2.38 bits per heavy atom. The Bertz CT molecular complexity index is 32.7. The van der Waals surface area contributed by atoms with Gasteiger partial charge >= 0.3 is 0 Å². The van der Waals surface area contributed by atoms with Gasteiger partial charge in [0.2, 0.25) is 0 Å². The maximum atomic E-state index is 2.17. The molecule has 0 spiro atoms. The molecule has 0 bridgehead atoms. The van der Waals surface area contributed by atoms with Gasteiger partial charge in [0.1, 0.15) is 0 Å². The quantitative estimate of drug-likeness (QED) is 0.489. The summed E-state index contributed by atoms with van der Waals surface area (Å²) in [6.07, 6.45) is 2.09. The Balaban J connectivity index is 2.53. The van der Waals surface area contributed by atoms with Gasteiger partial charge in [-0.1, -0.05) is 28.5 Å². The summed E-state index contributed by atoms with van der Waals surface area (Å²) in [7, 11) is 9.20. The minimum atomic E-state index is 1.20. The Morgan fingerprint density at radius 1 is 1.12 bits per heavy atom. The van der Waals surface area contributed by atoms with Crippen molar-refractivity contribution in [3.8, 4) is 0 Å². The molecular weight excluding hydrogens is 196 g/mol. The van der Waals surface area contributed by atoms with Crippen LogP contribution in [0.3, 0.4) is 0 Å². The molecule has 0 fully saturated rings. The van der Waals surface area contributed by atoms with Gasteiger partial charge in [0.25, 0.3) is 0 Å². The van der Waals surface area contributed by atoms with Crippen LogP contribution >= 0.6 is 51.1 Å². The molecule has 0 aliphatic rings. The molecule has 0 aromatic carbocycles. The highest BCUT2D eigenvalue weighted by atomic mass is 33.8. The third-order valence-electron chi connectivity index (χ3n) is 0.290. The highest BCUT2D eigenvalue weighted by Crippen LogP contribution is 2.47. The smallest absolute Gasteiger partial charge is 0.00169 e. The number of hydrogen-bond acceptors (Lipinski definition) is 5. The predicted octanol–water partition coefficient (Wildman–Crippen LogP) is 3.96. The maximum absolute atomic E-state index is 2.17. The summed E-state index contributed by atoms with van der Waals surface area (Å²) in [6.45, 7) is 2.17. The van der Waals surface area contributed by atoms with Crippen LogP contribution < -0.4 is 0 Å². The fraction of sp³-hybridized carbons (Fsp3) is 1.00. The van der Waals surface area contributed by atoms with E-state index in [-0.39, 0.29) is 0 Å². The topological polar surface area (TPSA) is 0 Å². The van der Waals surface area contributed by atoms with E-state index in [1.807, 2.05) is 40.3 Å². The van der Waals surface area contributed by atoms with Crippen LogP contribution in [-0.4, -0.2) is 12.0 Å². The van der Waals surface area contributed by atoms with Crippen molar-refractivity contribution in [1.29, 1.82) is 0 Å². The van der Waals surface area contributed by atoms with E-state index >= 15 is 0 Å². The lowest BCUT2D eigenvalue weighted by atomic mass is 11.0. The van der Waals surface area contributed by atoms with Gasteiger partial charge in [-0.2, -0.15) is 0 Å². The van der Waals surface area contributed by atoms with Crippen LogP contribution in [0.1, 0.15) is 6.92 Å². The molecule has 0 aromatic rings. The van der Waals surface area contributed by atoms with E-state index in [2.05, 4.69) is 13.2 Å². The summed E-state index contributed by atoms with van der Waals surface area (Å²) >= 11 is 0. The van der Waals surface area contributed by atoms with Crippen LogP contribution in [0.25, 0.3) is 0 Å². The predicted molar refractivity (Wildman–Crippen MR) is 54.4 cm³/mol. The van der Waals surface area contributed by atoms with Gasteiger partial charge in [0.15, 0.2) is 0 Å². The fourth-order valence-electron chi connectivity index (χ4n) is 0.107. The van der Waals surface area contributed by atoms with Crippen molar-refractivity contribution >= 4 is 51.1 Å². The molecule has 0 heterocycles. The third kappa shape index (κ3) is 7.75. The van der Waals surface area contributed by atoms with E-state index in [4.69, 9.17) is 0 Å². The summed E-state index contributed by atoms with van der Waals surface area (Å²) in [5, 5.41) is 0. The van der Waals surface area contributed by atoms with Crippen LogP contribution in [0, 0.1) is 0 Å². The van der Waals surface area contributed by atoms with E-state index < -0.39 is 0 Å². The van der Waals surface area contributed by atoms with Crippen molar-refractivity contribution < 1.29 is 0 Å². The van der Waals surface area contributed by atoms with Crippen molar-refractivity contribution in [3.05, 3.63) is 0 Å². The van der Waals surface area contributed by atoms with E-state index in [0.29, 0.717) is 0 Å². The zero-order valence-corrected chi connectivity index (χ0v) is 8.83. The van der Waals surface area contributed by atoms with Crippen LogP contribution in [0.4, 0.5) is 0 Å². The molecule has 0 aliphatic carbocycles. The molecule has 0 amide bonds. The van der Waals surface area contributed by atoms with Gasteiger partial charge in [-0.15, -0.1) is 0 Å². The Hall–Kier alpha value is 1.75. The second kappa shape index (κ2) is 8.75. The zero-order valence-electron chi connectivity index (χ0n) is 4.75. The van der Waals surface area contributed by atoms with E-state index in [1.54, 1.807) is 10.8 Å². The lowest BCUT2D eigenvalue weighted by molar-refractivity contribution is 1.54. The second-order valence-corrected chi connectivity index (χ2v) is 8.94. The minimum absolute atomic E-state index is 1.20. The first-order valence-corrected chi connectivity index (χ1v) is 8.80. The largest absolute Gasteiger partial charge is 0.0851 e. The molecule has 0 unspecified atom stereocenters. The fourth-order valence-corrected chi connectivity index (χ4v) is 7.90. The summed E-state index contributed by atoms with van der Waals surface area (Å²) in [5.74, 6) is 1.20. The van der Waals surface area contributed by atoms with Gasteiger partial charge < -0.3 is 0 Å². The average Bonchev–Trinajstić information content (AvgIpc) is 1.81. The molecule has 5 heteroatoms. The number of rotatable bonds is 5. The highest BCUT2D eigenvalue weighted by molar-refractivity contribution is 9.35. The van der Waals surface area contributed by atoms with E-state index in [1.165, 1.54) is 5.75 Å². The van der Waals surface area contributed by atoms with Crippen LogP contribution in [0.2, 0.25) is 0 Å². The van der Waals surface area contributed by atoms with Crippen molar-refractivity contribution in [2.75, 3.05) is 12.0 Å². The molecule has 0 N–H and O–H groups in total. The maximum Gasteiger partial charge on any atom is 0.00169 e. The molecule has 0 saturated carbocycles. The minimum Gasteiger partial charge on any atom is -0.0851 e. The van der Waals surface area contributed by atoms with Crippen molar-refractivity contribution in [2.45, 2.75) is 6.92 Å². The lowest BCUT2D eigenvalue weighted by Crippen LogP contribution is -1.50. The van der Waals surface area contributed by atoms with E-state index in [9.17, 15) is 0 Å². The van der Waals surface area contributed by atoms with Gasteiger partial charge in [-0.3, -0.25) is 0 Å². The van der Waals surface area contributed by atoms with Gasteiger partial charge in [-0.25, -0.2) is 0 Å². The van der Waals surface area contributed by atoms with Crippen LogP contribution in [0.15, 0.2) is 0 Å². The second-order valence-electron chi connectivity index (χ2n) is 0.777. The SMILES string of the molecule is CCSSSSSC. The molecule has 50 valence electrons. The first-order valence-electron chi connectivity index (χ1n) is 2.07. The average molecular weight is 204 g/mol. The highest BCUT2D eigenvalue weighted by Gasteiger charge is 1.86. The van der Waals surface area contributed by atoms with Crippen molar-refractivity contribution in [1.82, 2.24) is 0 Å². The van der Waals surface area contributed by atoms with Crippen molar-refractivity contribution in [2.24, 2.45) is 0 Å². The third-order valence-corrected chi connectivity index (χ3v) is 8.70. The summed E-state index contributed by atoms with van der Waals surface area (Å²) in [5.41, 5.74) is 0. The standard InChI is InChI=1S/C3H8S5/c1-3-5-7-8-6-4-2/h3H2,1-2H3. The summed E-state index contributed by atoms with van der Waals surface area (Å²) < 4.78 is 0. The molecule has 8 heavy (non-hydrogen) atoms. The van der Waals surface area contributed by atoms with Crippen molar-refractivity contribution in [3.63, 3.8) is 0 Å². The first kappa shape index (κ1) is 9.75. The van der Waals surface area contributed by atoms with Gasteiger partial charge in [-0.05, 0) is 35.7 Å². The first-order chi connectivity index (χ1) is 3.91.